The Morgan fingerprint density at radius 2 is 2.16 bits per heavy atom. The van der Waals surface area contributed by atoms with Crippen LogP contribution in [0.4, 0.5) is 0 Å². The van der Waals surface area contributed by atoms with Gasteiger partial charge in [0.1, 0.15) is 11.3 Å². The fourth-order valence-electron chi connectivity index (χ4n) is 2.77. The van der Waals surface area contributed by atoms with Gasteiger partial charge in [0.15, 0.2) is 0 Å². The van der Waals surface area contributed by atoms with E-state index in [2.05, 4.69) is 11.2 Å². The topological polar surface area (TPSA) is 70.1 Å². The van der Waals surface area contributed by atoms with Gasteiger partial charge in [0.25, 0.3) is 0 Å². The van der Waals surface area contributed by atoms with Gasteiger partial charge in [-0.1, -0.05) is 5.16 Å². The lowest BCUT2D eigenvalue weighted by molar-refractivity contribution is -0.137. The molecule has 1 aromatic heterocycles. The molecule has 0 bridgehead atoms. The first-order valence-electron chi connectivity index (χ1n) is 6.54. The second-order valence-electron chi connectivity index (χ2n) is 5.35. The van der Waals surface area contributed by atoms with Crippen LogP contribution in [0.3, 0.4) is 0 Å². The summed E-state index contributed by atoms with van der Waals surface area (Å²) in [5.41, 5.74) is 0.972. The van der Waals surface area contributed by atoms with Crippen molar-refractivity contribution >= 4 is 5.91 Å². The standard InChI is InChI=1S/C14H19N3O2/c1-9(12-10(2)16-19-11(12)3)13(18)17(4)14(8-15)6-5-7-14/h9H,5-7H2,1-4H3. The molecule has 0 N–H and O–H groups in total. The van der Waals surface area contributed by atoms with E-state index < -0.39 is 5.54 Å². The summed E-state index contributed by atoms with van der Waals surface area (Å²) < 4.78 is 5.11. The number of amides is 1. The molecule has 1 amide bonds. The van der Waals surface area contributed by atoms with E-state index in [1.54, 1.807) is 11.9 Å². The average Bonchev–Trinajstić information content (AvgIpc) is 2.66. The smallest absolute Gasteiger partial charge is 0.231 e. The van der Waals surface area contributed by atoms with Gasteiger partial charge in [-0.25, -0.2) is 0 Å². The average molecular weight is 261 g/mol. The third kappa shape index (κ3) is 2.01. The molecule has 1 saturated carbocycles. The van der Waals surface area contributed by atoms with E-state index in [4.69, 9.17) is 4.52 Å². The van der Waals surface area contributed by atoms with Crippen molar-refractivity contribution in [2.75, 3.05) is 7.05 Å². The number of nitriles is 1. The zero-order chi connectivity index (χ0) is 14.2. The van der Waals surface area contributed by atoms with Gasteiger partial charge < -0.3 is 9.42 Å². The first-order chi connectivity index (χ1) is 8.93. The first kappa shape index (κ1) is 13.6. The van der Waals surface area contributed by atoms with Crippen molar-refractivity contribution in [1.82, 2.24) is 10.1 Å². The van der Waals surface area contributed by atoms with E-state index in [9.17, 15) is 10.1 Å². The molecule has 1 unspecified atom stereocenters. The summed E-state index contributed by atoms with van der Waals surface area (Å²) in [5.74, 6) is 0.295. The summed E-state index contributed by atoms with van der Waals surface area (Å²) in [6.45, 7) is 5.48. The van der Waals surface area contributed by atoms with Crippen molar-refractivity contribution in [2.24, 2.45) is 0 Å². The molecular weight excluding hydrogens is 242 g/mol. The second-order valence-corrected chi connectivity index (χ2v) is 5.35. The van der Waals surface area contributed by atoms with Crippen molar-refractivity contribution in [3.8, 4) is 6.07 Å². The fraction of sp³-hybridized carbons (Fsp3) is 0.643. The van der Waals surface area contributed by atoms with E-state index in [0.29, 0.717) is 5.76 Å². The van der Waals surface area contributed by atoms with Crippen LogP contribution in [0.2, 0.25) is 0 Å². The van der Waals surface area contributed by atoms with E-state index in [1.807, 2.05) is 20.8 Å². The number of likely N-dealkylation sites (N-methyl/N-ethyl adjacent to an activating group) is 1. The van der Waals surface area contributed by atoms with Gasteiger partial charge in [-0.05, 0) is 40.0 Å². The molecule has 19 heavy (non-hydrogen) atoms. The molecule has 1 aliphatic rings. The van der Waals surface area contributed by atoms with Gasteiger partial charge in [-0.15, -0.1) is 0 Å². The van der Waals surface area contributed by atoms with Gasteiger partial charge >= 0.3 is 0 Å². The summed E-state index contributed by atoms with van der Waals surface area (Å²) in [7, 11) is 1.72. The van der Waals surface area contributed by atoms with Crippen molar-refractivity contribution in [2.45, 2.75) is 51.5 Å². The van der Waals surface area contributed by atoms with Crippen molar-refractivity contribution < 1.29 is 9.32 Å². The minimum Gasteiger partial charge on any atom is -0.361 e. The first-order valence-corrected chi connectivity index (χ1v) is 6.54. The highest BCUT2D eigenvalue weighted by atomic mass is 16.5. The van der Waals surface area contributed by atoms with Gasteiger partial charge in [0.05, 0.1) is 17.7 Å². The molecule has 0 aromatic carbocycles. The predicted molar refractivity (Wildman–Crippen MR) is 69.4 cm³/mol. The summed E-state index contributed by atoms with van der Waals surface area (Å²) in [6, 6.07) is 2.29. The fourth-order valence-corrected chi connectivity index (χ4v) is 2.77. The molecule has 0 spiro atoms. The third-order valence-corrected chi connectivity index (χ3v) is 4.25. The maximum atomic E-state index is 12.5. The molecule has 102 valence electrons. The molecule has 1 atom stereocenters. The molecule has 1 aliphatic carbocycles. The zero-order valence-corrected chi connectivity index (χ0v) is 11.9. The van der Waals surface area contributed by atoms with E-state index in [0.717, 1.165) is 30.5 Å². The van der Waals surface area contributed by atoms with E-state index in [1.165, 1.54) is 0 Å². The monoisotopic (exact) mass is 261 g/mol. The molecule has 5 heteroatoms. The maximum Gasteiger partial charge on any atom is 0.231 e. The predicted octanol–water partition coefficient (Wildman–Crippen LogP) is 2.30. The number of carbonyl (C=O) groups is 1. The van der Waals surface area contributed by atoms with Gasteiger partial charge in [-0.3, -0.25) is 4.79 Å². The Hall–Kier alpha value is -1.83. The Bertz CT molecular complexity index is 518. The van der Waals surface area contributed by atoms with Crippen LogP contribution in [0.25, 0.3) is 0 Å². The lowest BCUT2D eigenvalue weighted by Gasteiger charge is -2.43. The Morgan fingerprint density at radius 3 is 2.53 bits per heavy atom. The molecule has 0 radical (unpaired) electrons. The van der Waals surface area contributed by atoms with Crippen molar-refractivity contribution in [3.63, 3.8) is 0 Å². The SMILES string of the molecule is Cc1noc(C)c1C(C)C(=O)N(C)C1(C#N)CCC1. The van der Waals surface area contributed by atoms with Gasteiger partial charge in [0.2, 0.25) is 5.91 Å². The Balaban J connectivity index is 2.23. The summed E-state index contributed by atoms with van der Waals surface area (Å²) in [5, 5.41) is 13.2. The van der Waals surface area contributed by atoms with Crippen LogP contribution >= 0.6 is 0 Å². The molecule has 5 nitrogen and oxygen atoms in total. The lowest BCUT2D eigenvalue weighted by atomic mass is 9.76. The summed E-state index contributed by atoms with van der Waals surface area (Å²) in [4.78, 5) is 14.2. The number of hydrogen-bond donors (Lipinski definition) is 0. The number of aromatic nitrogens is 1. The highest BCUT2D eigenvalue weighted by Gasteiger charge is 2.44. The third-order valence-electron chi connectivity index (χ3n) is 4.25. The van der Waals surface area contributed by atoms with Crippen LogP contribution in [0.5, 0.6) is 0 Å². The Morgan fingerprint density at radius 1 is 1.53 bits per heavy atom. The molecule has 1 fully saturated rings. The largest absolute Gasteiger partial charge is 0.361 e. The minimum atomic E-state index is -0.607. The molecule has 1 aromatic rings. The zero-order valence-electron chi connectivity index (χ0n) is 11.9. The maximum absolute atomic E-state index is 12.5. The van der Waals surface area contributed by atoms with E-state index >= 15 is 0 Å². The van der Waals surface area contributed by atoms with E-state index in [-0.39, 0.29) is 11.8 Å². The molecular formula is C14H19N3O2. The summed E-state index contributed by atoms with van der Waals surface area (Å²) in [6.07, 6.45) is 2.53. The highest BCUT2D eigenvalue weighted by Crippen LogP contribution is 2.38. The molecule has 1 heterocycles. The van der Waals surface area contributed by atoms with Crippen LogP contribution in [-0.4, -0.2) is 28.6 Å². The lowest BCUT2D eigenvalue weighted by Crippen LogP contribution is -2.54. The van der Waals surface area contributed by atoms with Crippen molar-refractivity contribution in [3.05, 3.63) is 17.0 Å². The van der Waals surface area contributed by atoms with Crippen LogP contribution in [-0.2, 0) is 4.79 Å². The number of aryl methyl sites for hydroxylation is 2. The number of hydrogen-bond acceptors (Lipinski definition) is 4. The van der Waals surface area contributed by atoms with Crippen LogP contribution in [0.1, 0.15) is 49.1 Å². The van der Waals surface area contributed by atoms with Crippen LogP contribution in [0.15, 0.2) is 4.52 Å². The Kier molecular flexibility index (Phi) is 3.36. The Labute approximate surface area is 113 Å². The quantitative estimate of drug-likeness (QED) is 0.837. The molecule has 0 saturated heterocycles. The number of nitrogens with zero attached hydrogens (tertiary/aromatic N) is 3. The van der Waals surface area contributed by atoms with Crippen LogP contribution < -0.4 is 0 Å². The number of rotatable bonds is 3. The number of carbonyl (C=O) groups excluding carboxylic acids is 1. The minimum absolute atomic E-state index is 0.0457. The molecule has 0 aliphatic heterocycles. The van der Waals surface area contributed by atoms with Gasteiger partial charge in [0, 0.05) is 12.6 Å². The van der Waals surface area contributed by atoms with Crippen molar-refractivity contribution in [1.29, 1.82) is 5.26 Å². The summed E-state index contributed by atoms with van der Waals surface area (Å²) >= 11 is 0. The van der Waals surface area contributed by atoms with Crippen LogP contribution in [0, 0.1) is 25.2 Å². The van der Waals surface area contributed by atoms with Gasteiger partial charge in [-0.2, -0.15) is 5.26 Å². The molecule has 2 rings (SSSR count). The second kappa shape index (κ2) is 4.69. The normalized spacial score (nSPS) is 18.3. The highest BCUT2D eigenvalue weighted by molar-refractivity contribution is 5.84.